The van der Waals surface area contributed by atoms with Crippen molar-refractivity contribution < 1.29 is 27.5 Å². The molecule has 1 unspecified atom stereocenters. The highest BCUT2D eigenvalue weighted by Gasteiger charge is 2.28. The Morgan fingerprint density at radius 3 is 2.58 bits per heavy atom. The Kier molecular flexibility index (Phi) is 7.91. The lowest BCUT2D eigenvalue weighted by Gasteiger charge is -2.30. The summed E-state index contributed by atoms with van der Waals surface area (Å²) in [5.74, 6) is -0.0233. The molecule has 1 fully saturated rings. The second-order valence-electron chi connectivity index (χ2n) is 8.66. The first-order chi connectivity index (χ1) is 17.2. The Morgan fingerprint density at radius 2 is 1.92 bits per heavy atom. The Labute approximate surface area is 214 Å². The number of esters is 1. The number of amides is 1. The molecular weight excluding hydrogens is 502 g/mol. The molecule has 36 heavy (non-hydrogen) atoms. The number of sulfonamides is 1. The van der Waals surface area contributed by atoms with Gasteiger partial charge in [-0.05, 0) is 68.1 Å². The number of ether oxygens (including phenoxy) is 2. The van der Waals surface area contributed by atoms with Crippen molar-refractivity contribution in [3.8, 4) is 5.75 Å². The summed E-state index contributed by atoms with van der Waals surface area (Å²) in [5.41, 5.74) is 0.968. The van der Waals surface area contributed by atoms with E-state index in [1.165, 1.54) is 47.0 Å². The first-order valence-corrected chi connectivity index (χ1v) is 14.0. The van der Waals surface area contributed by atoms with Gasteiger partial charge in [0.05, 0.1) is 28.8 Å². The van der Waals surface area contributed by atoms with Crippen molar-refractivity contribution in [2.75, 3.05) is 26.8 Å². The van der Waals surface area contributed by atoms with Crippen LogP contribution in [0.1, 0.15) is 37.0 Å². The highest BCUT2D eigenvalue weighted by atomic mass is 32.2. The molecule has 0 radical (unpaired) electrons. The van der Waals surface area contributed by atoms with Crippen LogP contribution in [-0.2, 0) is 26.1 Å². The minimum atomic E-state index is -3.62. The molecule has 1 aliphatic heterocycles. The van der Waals surface area contributed by atoms with Crippen molar-refractivity contribution in [3.63, 3.8) is 0 Å². The molecule has 192 valence electrons. The van der Waals surface area contributed by atoms with Crippen molar-refractivity contribution in [2.24, 2.45) is 10.9 Å². The summed E-state index contributed by atoms with van der Waals surface area (Å²) < 4.78 is 40.3. The molecule has 1 saturated heterocycles. The molecule has 0 bridgehead atoms. The average Bonchev–Trinajstić information content (AvgIpc) is 3.20. The van der Waals surface area contributed by atoms with E-state index in [0.717, 1.165) is 23.1 Å². The molecule has 0 aliphatic carbocycles. The number of nitrogens with zero attached hydrogens (tertiary/aromatic N) is 3. The maximum absolute atomic E-state index is 13.0. The van der Waals surface area contributed by atoms with Crippen LogP contribution in [0.4, 0.5) is 0 Å². The number of fused-ring (bicyclic) bond motifs is 1. The van der Waals surface area contributed by atoms with Crippen LogP contribution in [0.5, 0.6) is 5.75 Å². The number of hydrogen-bond donors (Lipinski definition) is 0. The lowest BCUT2D eigenvalue weighted by Crippen LogP contribution is -2.39. The summed E-state index contributed by atoms with van der Waals surface area (Å²) in [7, 11) is -2.32. The van der Waals surface area contributed by atoms with Crippen LogP contribution < -0.4 is 9.54 Å². The highest BCUT2D eigenvalue weighted by Crippen LogP contribution is 2.25. The summed E-state index contributed by atoms with van der Waals surface area (Å²) >= 11 is 1.25. The number of piperidine rings is 1. The maximum Gasteiger partial charge on any atom is 0.325 e. The number of thiazole rings is 1. The number of carbonyl (C=O) groups is 2. The fourth-order valence-corrected chi connectivity index (χ4v) is 6.83. The number of aromatic nitrogens is 1. The smallest absolute Gasteiger partial charge is 0.325 e. The standard InChI is InChI=1S/C25H29N3O6S2/c1-4-34-19-9-12-21-22(14-19)35-25(28(21)16-23(29)33-3)26-24(30)18-7-10-20(11-8-18)36(31,32)27-13-5-6-17(2)15-27/h7-12,14,17H,4-6,13,15-16H2,1-3H3. The van der Waals surface area contributed by atoms with Crippen LogP contribution in [0, 0.1) is 5.92 Å². The molecule has 1 aliphatic rings. The molecule has 0 saturated carbocycles. The van der Waals surface area contributed by atoms with Crippen LogP contribution in [0.2, 0.25) is 0 Å². The van der Waals surface area contributed by atoms with Gasteiger partial charge in [0.1, 0.15) is 12.3 Å². The van der Waals surface area contributed by atoms with Gasteiger partial charge in [0.25, 0.3) is 5.91 Å². The Balaban J connectivity index is 1.66. The predicted molar refractivity (Wildman–Crippen MR) is 136 cm³/mol. The van der Waals surface area contributed by atoms with Crippen molar-refractivity contribution in [1.82, 2.24) is 8.87 Å². The van der Waals surface area contributed by atoms with Gasteiger partial charge < -0.3 is 14.0 Å². The number of hydrogen-bond acceptors (Lipinski definition) is 7. The molecule has 1 amide bonds. The number of methoxy groups -OCH3 is 1. The summed E-state index contributed by atoms with van der Waals surface area (Å²) in [6.07, 6.45) is 1.85. The van der Waals surface area contributed by atoms with E-state index in [9.17, 15) is 18.0 Å². The van der Waals surface area contributed by atoms with Crippen LogP contribution in [0.3, 0.4) is 0 Å². The lowest BCUT2D eigenvalue weighted by molar-refractivity contribution is -0.141. The number of rotatable bonds is 7. The molecule has 3 aromatic rings. The van der Waals surface area contributed by atoms with E-state index in [1.807, 2.05) is 26.0 Å². The zero-order valence-electron chi connectivity index (χ0n) is 20.5. The SMILES string of the molecule is CCOc1ccc2c(c1)sc(=NC(=O)c1ccc(S(=O)(=O)N3CCCC(C)C3)cc1)n2CC(=O)OC. The van der Waals surface area contributed by atoms with E-state index in [1.54, 1.807) is 10.6 Å². The molecule has 2 aromatic carbocycles. The third-order valence-electron chi connectivity index (χ3n) is 6.04. The summed E-state index contributed by atoms with van der Waals surface area (Å²) in [6.45, 7) is 5.33. The highest BCUT2D eigenvalue weighted by molar-refractivity contribution is 7.89. The van der Waals surface area contributed by atoms with E-state index >= 15 is 0 Å². The third-order valence-corrected chi connectivity index (χ3v) is 8.96. The van der Waals surface area contributed by atoms with Crippen LogP contribution >= 0.6 is 11.3 Å². The van der Waals surface area contributed by atoms with E-state index in [-0.39, 0.29) is 17.0 Å². The van der Waals surface area contributed by atoms with E-state index in [0.29, 0.717) is 36.2 Å². The normalized spacial score (nSPS) is 17.3. The van der Waals surface area contributed by atoms with Gasteiger partial charge in [0, 0.05) is 18.7 Å². The van der Waals surface area contributed by atoms with Gasteiger partial charge >= 0.3 is 5.97 Å². The molecule has 2 heterocycles. The number of benzene rings is 2. The van der Waals surface area contributed by atoms with Gasteiger partial charge in [-0.15, -0.1) is 0 Å². The van der Waals surface area contributed by atoms with Gasteiger partial charge in [0.2, 0.25) is 10.0 Å². The summed E-state index contributed by atoms with van der Waals surface area (Å²) in [6, 6.07) is 11.3. The molecule has 9 nitrogen and oxygen atoms in total. The van der Waals surface area contributed by atoms with Crippen LogP contribution in [0.25, 0.3) is 10.2 Å². The van der Waals surface area contributed by atoms with Crippen molar-refractivity contribution in [1.29, 1.82) is 0 Å². The molecular formula is C25H29N3O6S2. The van der Waals surface area contributed by atoms with Crippen molar-refractivity contribution in [2.45, 2.75) is 38.1 Å². The predicted octanol–water partition coefficient (Wildman–Crippen LogP) is 3.44. The van der Waals surface area contributed by atoms with Gasteiger partial charge in [-0.3, -0.25) is 9.59 Å². The first kappa shape index (κ1) is 26.1. The first-order valence-electron chi connectivity index (χ1n) is 11.7. The van der Waals surface area contributed by atoms with Gasteiger partial charge in [-0.1, -0.05) is 18.3 Å². The number of carbonyl (C=O) groups excluding carboxylic acids is 2. The Bertz CT molecular complexity index is 1440. The second kappa shape index (κ2) is 10.9. The van der Waals surface area contributed by atoms with Crippen molar-refractivity contribution >= 4 is 43.5 Å². The lowest BCUT2D eigenvalue weighted by atomic mass is 10.0. The van der Waals surface area contributed by atoms with Gasteiger partial charge in [-0.2, -0.15) is 9.30 Å². The summed E-state index contributed by atoms with van der Waals surface area (Å²) in [4.78, 5) is 29.8. The fraction of sp³-hybridized carbons (Fsp3) is 0.400. The average molecular weight is 532 g/mol. The van der Waals surface area contributed by atoms with E-state index < -0.39 is 21.9 Å². The minimum absolute atomic E-state index is 0.109. The minimum Gasteiger partial charge on any atom is -0.494 e. The van der Waals surface area contributed by atoms with E-state index in [2.05, 4.69) is 4.99 Å². The van der Waals surface area contributed by atoms with Gasteiger partial charge in [0.15, 0.2) is 4.80 Å². The molecule has 0 spiro atoms. The topological polar surface area (TPSA) is 107 Å². The van der Waals surface area contributed by atoms with Crippen LogP contribution in [0.15, 0.2) is 52.4 Å². The molecule has 1 aromatic heterocycles. The van der Waals surface area contributed by atoms with Crippen molar-refractivity contribution in [3.05, 3.63) is 52.8 Å². The maximum atomic E-state index is 13.0. The zero-order valence-corrected chi connectivity index (χ0v) is 22.1. The quantitative estimate of drug-likeness (QED) is 0.433. The molecule has 4 rings (SSSR count). The Morgan fingerprint density at radius 1 is 1.17 bits per heavy atom. The third kappa shape index (κ3) is 5.53. The van der Waals surface area contributed by atoms with E-state index in [4.69, 9.17) is 9.47 Å². The van der Waals surface area contributed by atoms with Crippen LogP contribution in [-0.4, -0.2) is 56.0 Å². The Hall–Kier alpha value is -3.02. The second-order valence-corrected chi connectivity index (χ2v) is 11.6. The molecule has 1 atom stereocenters. The van der Waals surface area contributed by atoms with Gasteiger partial charge in [-0.25, -0.2) is 8.42 Å². The largest absolute Gasteiger partial charge is 0.494 e. The monoisotopic (exact) mass is 531 g/mol. The fourth-order valence-electron chi connectivity index (χ4n) is 4.18. The molecule has 0 N–H and O–H groups in total. The summed E-state index contributed by atoms with van der Waals surface area (Å²) in [5, 5.41) is 0. The zero-order chi connectivity index (χ0) is 25.9. The molecule has 11 heteroatoms.